The molecule has 74 valence electrons. The zero-order valence-electron chi connectivity index (χ0n) is 6.51. The molecule has 0 aliphatic carbocycles. The Balaban J connectivity index is 2.84. The van der Waals surface area contributed by atoms with Crippen LogP contribution in [0.3, 0.4) is 0 Å². The number of hydrogen-bond acceptors (Lipinski definition) is 3. The van der Waals surface area contributed by atoms with Gasteiger partial charge in [0.1, 0.15) is 12.6 Å². The number of thiophene rings is 1. The van der Waals surface area contributed by atoms with Crippen molar-refractivity contribution in [1.29, 1.82) is 0 Å². The minimum atomic E-state index is -3.26. The van der Waals surface area contributed by atoms with E-state index in [0.717, 1.165) is 15.8 Å². The Morgan fingerprint density at radius 1 is 1.69 bits per heavy atom. The van der Waals surface area contributed by atoms with Crippen LogP contribution in [0.2, 0.25) is 0 Å². The minimum Gasteiger partial charge on any atom is -0.390 e. The van der Waals surface area contributed by atoms with Crippen molar-refractivity contribution in [3.63, 3.8) is 0 Å². The lowest BCUT2D eigenvalue weighted by Gasteiger charge is -2.19. The second-order valence-electron chi connectivity index (χ2n) is 2.56. The lowest BCUT2D eigenvalue weighted by molar-refractivity contribution is -0.0703. The maximum atomic E-state index is 12.9. The highest BCUT2D eigenvalue weighted by Gasteiger charge is 2.38. The first-order valence-corrected chi connectivity index (χ1v) is 5.13. The zero-order chi connectivity index (χ0) is 10.1. The topological polar surface area (TPSA) is 46.2 Å². The number of hydrogen-bond donors (Lipinski definition) is 2. The molecule has 1 heterocycles. The van der Waals surface area contributed by atoms with E-state index in [-0.39, 0.29) is 0 Å². The molecule has 0 amide bonds. The van der Waals surface area contributed by atoms with Gasteiger partial charge in [-0.05, 0) is 22.0 Å². The fraction of sp³-hybridized carbons (Fsp3) is 0.429. The van der Waals surface area contributed by atoms with Gasteiger partial charge in [-0.2, -0.15) is 0 Å². The van der Waals surface area contributed by atoms with Crippen LogP contribution < -0.4 is 5.73 Å². The average molecular weight is 272 g/mol. The summed E-state index contributed by atoms with van der Waals surface area (Å²) in [6.45, 7) is -1.23. The summed E-state index contributed by atoms with van der Waals surface area (Å²) in [6, 6.07) is 0.0904. The van der Waals surface area contributed by atoms with Gasteiger partial charge in [0.25, 0.3) is 5.92 Å². The summed E-state index contributed by atoms with van der Waals surface area (Å²) >= 11 is 4.27. The van der Waals surface area contributed by atoms with Gasteiger partial charge >= 0.3 is 0 Å². The van der Waals surface area contributed by atoms with E-state index in [1.165, 1.54) is 6.07 Å². The summed E-state index contributed by atoms with van der Waals surface area (Å²) in [7, 11) is 0. The molecule has 1 atom stereocenters. The van der Waals surface area contributed by atoms with Crippen molar-refractivity contribution in [3.8, 4) is 0 Å². The summed E-state index contributed by atoms with van der Waals surface area (Å²) in [4.78, 5) is 0.353. The number of aliphatic hydroxyl groups is 1. The highest BCUT2D eigenvalue weighted by atomic mass is 79.9. The number of nitrogens with two attached hydrogens (primary N) is 1. The van der Waals surface area contributed by atoms with Crippen LogP contribution in [-0.4, -0.2) is 17.6 Å². The van der Waals surface area contributed by atoms with Crippen LogP contribution >= 0.6 is 27.3 Å². The summed E-state index contributed by atoms with van der Waals surface area (Å²) in [5.41, 5.74) is 5.28. The molecule has 1 rings (SSSR count). The molecule has 6 heteroatoms. The Kier molecular flexibility index (Phi) is 3.39. The molecular formula is C7H8BrF2NOS. The normalized spacial score (nSPS) is 14.5. The predicted molar refractivity (Wildman–Crippen MR) is 51.0 cm³/mol. The van der Waals surface area contributed by atoms with Gasteiger partial charge < -0.3 is 10.8 Å². The van der Waals surface area contributed by atoms with Crippen molar-refractivity contribution in [2.75, 3.05) is 6.61 Å². The maximum Gasteiger partial charge on any atom is 0.290 e. The van der Waals surface area contributed by atoms with E-state index in [9.17, 15) is 8.78 Å². The van der Waals surface area contributed by atoms with Crippen LogP contribution in [0.15, 0.2) is 15.9 Å². The fourth-order valence-electron chi connectivity index (χ4n) is 0.798. The second kappa shape index (κ2) is 4.00. The van der Waals surface area contributed by atoms with Gasteiger partial charge in [-0.25, -0.2) is 8.78 Å². The van der Waals surface area contributed by atoms with Crippen molar-refractivity contribution in [3.05, 3.63) is 20.8 Å². The van der Waals surface area contributed by atoms with E-state index in [4.69, 9.17) is 10.8 Å². The first-order chi connectivity index (χ1) is 5.97. The molecule has 0 saturated heterocycles. The van der Waals surface area contributed by atoms with Crippen LogP contribution in [0.4, 0.5) is 8.78 Å². The molecular weight excluding hydrogens is 264 g/mol. The quantitative estimate of drug-likeness (QED) is 0.885. The number of alkyl halides is 2. The fourth-order valence-corrected chi connectivity index (χ4v) is 2.31. The molecule has 1 aromatic rings. The first kappa shape index (κ1) is 11.0. The molecule has 0 spiro atoms. The maximum absolute atomic E-state index is 12.9. The van der Waals surface area contributed by atoms with Crippen LogP contribution in [0.5, 0.6) is 0 Å². The molecule has 13 heavy (non-hydrogen) atoms. The van der Waals surface area contributed by atoms with Crippen molar-refractivity contribution < 1.29 is 13.9 Å². The van der Waals surface area contributed by atoms with Crippen LogP contribution in [0, 0.1) is 0 Å². The third-order valence-electron chi connectivity index (χ3n) is 1.56. The molecule has 2 nitrogen and oxygen atoms in total. The van der Waals surface area contributed by atoms with Gasteiger partial charge in [0.05, 0.1) is 0 Å². The second-order valence-corrected chi connectivity index (χ2v) is 4.42. The van der Waals surface area contributed by atoms with Gasteiger partial charge in [0.15, 0.2) is 0 Å². The molecule has 0 bridgehead atoms. The Hall–Kier alpha value is -0.0400. The molecule has 0 saturated carbocycles. The Morgan fingerprint density at radius 3 is 2.69 bits per heavy atom. The van der Waals surface area contributed by atoms with Crippen molar-refractivity contribution in [2.24, 2.45) is 5.73 Å². The molecule has 0 aliphatic rings. The Bertz CT molecular complexity index is 292. The van der Waals surface area contributed by atoms with Crippen molar-refractivity contribution in [1.82, 2.24) is 0 Å². The summed E-state index contributed by atoms with van der Waals surface area (Å²) < 4.78 is 26.4. The molecule has 0 aromatic carbocycles. The van der Waals surface area contributed by atoms with Gasteiger partial charge in [-0.3, -0.25) is 0 Å². The molecule has 0 radical (unpaired) electrons. The summed E-state index contributed by atoms with van der Waals surface area (Å²) in [5.74, 6) is -3.26. The van der Waals surface area contributed by atoms with Crippen LogP contribution in [-0.2, 0) is 0 Å². The van der Waals surface area contributed by atoms with E-state index in [0.29, 0.717) is 4.88 Å². The summed E-state index contributed by atoms with van der Waals surface area (Å²) in [6.07, 6.45) is 0. The SMILES string of the molecule is N[C@H](c1cc(Br)cs1)C(F)(F)CO. The first-order valence-electron chi connectivity index (χ1n) is 3.45. The largest absolute Gasteiger partial charge is 0.390 e. The van der Waals surface area contributed by atoms with Crippen molar-refractivity contribution in [2.45, 2.75) is 12.0 Å². The molecule has 0 unspecified atom stereocenters. The van der Waals surface area contributed by atoms with Crippen LogP contribution in [0.25, 0.3) is 0 Å². The van der Waals surface area contributed by atoms with Gasteiger partial charge in [-0.15, -0.1) is 11.3 Å². The van der Waals surface area contributed by atoms with E-state index in [2.05, 4.69) is 15.9 Å². The monoisotopic (exact) mass is 271 g/mol. The molecule has 0 aliphatic heterocycles. The zero-order valence-corrected chi connectivity index (χ0v) is 8.91. The van der Waals surface area contributed by atoms with E-state index in [1.807, 2.05) is 0 Å². The molecule has 1 aromatic heterocycles. The molecule has 0 fully saturated rings. The number of aliphatic hydroxyl groups excluding tert-OH is 1. The third-order valence-corrected chi connectivity index (χ3v) is 3.34. The van der Waals surface area contributed by atoms with E-state index in [1.54, 1.807) is 5.38 Å². The standard InChI is InChI=1S/C7H8BrF2NOS/c8-4-1-5(13-2-4)6(11)7(9,10)3-12/h1-2,6,12H,3,11H2/t6-/m1/s1. The van der Waals surface area contributed by atoms with Crippen LogP contribution in [0.1, 0.15) is 10.9 Å². The smallest absolute Gasteiger partial charge is 0.290 e. The molecule has 3 N–H and O–H groups in total. The van der Waals surface area contributed by atoms with Crippen molar-refractivity contribution >= 4 is 27.3 Å². The Labute approximate surface area is 86.5 Å². The van der Waals surface area contributed by atoms with Gasteiger partial charge in [0, 0.05) is 14.7 Å². The third kappa shape index (κ3) is 2.46. The highest BCUT2D eigenvalue weighted by Crippen LogP contribution is 2.33. The number of rotatable bonds is 3. The lowest BCUT2D eigenvalue weighted by atomic mass is 10.1. The average Bonchev–Trinajstić information content (AvgIpc) is 2.50. The predicted octanol–water partition coefficient (Wildman–Crippen LogP) is 2.14. The number of halogens is 3. The minimum absolute atomic E-state index is 0.353. The van der Waals surface area contributed by atoms with E-state index >= 15 is 0 Å². The van der Waals surface area contributed by atoms with Gasteiger partial charge in [-0.1, -0.05) is 0 Å². The highest BCUT2D eigenvalue weighted by molar-refractivity contribution is 9.10. The van der Waals surface area contributed by atoms with E-state index < -0.39 is 18.6 Å². The summed E-state index contributed by atoms with van der Waals surface area (Å²) in [5, 5.41) is 10.1. The lowest BCUT2D eigenvalue weighted by Crippen LogP contribution is -2.35. The Morgan fingerprint density at radius 2 is 2.31 bits per heavy atom. The van der Waals surface area contributed by atoms with Gasteiger partial charge in [0.2, 0.25) is 0 Å².